The van der Waals surface area contributed by atoms with Gasteiger partial charge in [-0.3, -0.25) is 0 Å². The van der Waals surface area contributed by atoms with E-state index in [0.29, 0.717) is 22.1 Å². The lowest BCUT2D eigenvalue weighted by atomic mass is 10.1. The van der Waals surface area contributed by atoms with Gasteiger partial charge in [0.05, 0.1) is 5.56 Å². The molecular weight excluding hydrogens is 350 g/mol. The van der Waals surface area contributed by atoms with Gasteiger partial charge in [-0.1, -0.05) is 51.8 Å². The number of nitrogens with zero attached hydrogens (tertiary/aromatic N) is 1. The molecule has 3 aromatic carbocycles. The standard InChI is InChI=1S/C17H9BrClNO/c18-12-5-7-16(11(9-12)10-20)21-17-8-6-15(19)13-3-1-2-4-14(13)17/h1-9H. The molecule has 3 rings (SSSR count). The second-order valence-electron chi connectivity index (χ2n) is 4.45. The molecule has 0 atom stereocenters. The Morgan fingerprint density at radius 3 is 2.43 bits per heavy atom. The number of hydrogen-bond donors (Lipinski definition) is 0. The van der Waals surface area contributed by atoms with Crippen molar-refractivity contribution in [3.8, 4) is 17.6 Å². The number of benzene rings is 3. The third-order valence-electron chi connectivity index (χ3n) is 3.11. The van der Waals surface area contributed by atoms with Gasteiger partial charge in [-0.25, -0.2) is 0 Å². The molecule has 4 heteroatoms. The van der Waals surface area contributed by atoms with E-state index < -0.39 is 0 Å². The molecule has 2 nitrogen and oxygen atoms in total. The molecule has 0 amide bonds. The first-order valence-corrected chi connectivity index (χ1v) is 7.41. The highest BCUT2D eigenvalue weighted by Gasteiger charge is 2.09. The molecule has 21 heavy (non-hydrogen) atoms. The molecule has 0 unspecified atom stereocenters. The van der Waals surface area contributed by atoms with Crippen LogP contribution in [-0.4, -0.2) is 0 Å². The van der Waals surface area contributed by atoms with E-state index in [1.165, 1.54) is 0 Å². The van der Waals surface area contributed by atoms with Gasteiger partial charge in [0.1, 0.15) is 17.6 Å². The van der Waals surface area contributed by atoms with Crippen LogP contribution in [0, 0.1) is 11.3 Å². The summed E-state index contributed by atoms with van der Waals surface area (Å²) in [6, 6.07) is 18.8. The lowest BCUT2D eigenvalue weighted by Gasteiger charge is -2.11. The lowest BCUT2D eigenvalue weighted by molar-refractivity contribution is 0.486. The van der Waals surface area contributed by atoms with E-state index in [9.17, 15) is 5.26 Å². The van der Waals surface area contributed by atoms with Crippen molar-refractivity contribution in [1.82, 2.24) is 0 Å². The average Bonchev–Trinajstić information content (AvgIpc) is 2.52. The van der Waals surface area contributed by atoms with Crippen molar-refractivity contribution in [1.29, 1.82) is 5.26 Å². The highest BCUT2D eigenvalue weighted by Crippen LogP contribution is 2.35. The molecule has 3 aromatic rings. The summed E-state index contributed by atoms with van der Waals surface area (Å²) < 4.78 is 6.76. The molecule has 0 aliphatic heterocycles. The number of ether oxygens (including phenoxy) is 1. The Morgan fingerprint density at radius 2 is 1.67 bits per heavy atom. The Kier molecular flexibility index (Phi) is 3.83. The summed E-state index contributed by atoms with van der Waals surface area (Å²) in [4.78, 5) is 0. The summed E-state index contributed by atoms with van der Waals surface area (Å²) >= 11 is 9.54. The van der Waals surface area contributed by atoms with Gasteiger partial charge in [0.15, 0.2) is 0 Å². The second-order valence-corrected chi connectivity index (χ2v) is 5.77. The first-order valence-electron chi connectivity index (χ1n) is 6.24. The molecular formula is C17H9BrClNO. The molecule has 0 saturated carbocycles. The number of rotatable bonds is 2. The largest absolute Gasteiger partial charge is 0.455 e. The maximum Gasteiger partial charge on any atom is 0.145 e. The van der Waals surface area contributed by atoms with Crippen LogP contribution in [0.4, 0.5) is 0 Å². The van der Waals surface area contributed by atoms with Gasteiger partial charge in [0, 0.05) is 20.3 Å². The lowest BCUT2D eigenvalue weighted by Crippen LogP contribution is -1.90. The maximum atomic E-state index is 9.21. The second kappa shape index (κ2) is 5.77. The van der Waals surface area contributed by atoms with Gasteiger partial charge in [0.25, 0.3) is 0 Å². The fourth-order valence-electron chi connectivity index (χ4n) is 2.12. The van der Waals surface area contributed by atoms with Crippen LogP contribution < -0.4 is 4.74 Å². The van der Waals surface area contributed by atoms with Gasteiger partial charge in [-0.05, 0) is 30.3 Å². The van der Waals surface area contributed by atoms with Gasteiger partial charge in [0.2, 0.25) is 0 Å². The zero-order chi connectivity index (χ0) is 14.8. The van der Waals surface area contributed by atoms with Crippen LogP contribution in [0.15, 0.2) is 59.1 Å². The van der Waals surface area contributed by atoms with Crippen LogP contribution in [0.1, 0.15) is 5.56 Å². The zero-order valence-corrected chi connectivity index (χ0v) is 13.1. The topological polar surface area (TPSA) is 33.0 Å². The number of hydrogen-bond acceptors (Lipinski definition) is 2. The van der Waals surface area contributed by atoms with E-state index in [1.807, 2.05) is 36.4 Å². The Morgan fingerprint density at radius 1 is 0.952 bits per heavy atom. The molecule has 0 fully saturated rings. The molecule has 0 N–H and O–H groups in total. The summed E-state index contributed by atoms with van der Waals surface area (Å²) in [5.74, 6) is 1.20. The van der Waals surface area contributed by atoms with Gasteiger partial charge >= 0.3 is 0 Å². The molecule has 0 radical (unpaired) electrons. The van der Waals surface area contributed by atoms with Crippen LogP contribution in [0.3, 0.4) is 0 Å². The molecule has 0 heterocycles. The molecule has 0 saturated heterocycles. The maximum absolute atomic E-state index is 9.21. The van der Waals surface area contributed by atoms with Crippen LogP contribution >= 0.6 is 27.5 Å². The number of halogens is 2. The predicted octanol–water partition coefficient (Wildman–Crippen LogP) is 5.92. The van der Waals surface area contributed by atoms with Gasteiger partial charge in [-0.2, -0.15) is 5.26 Å². The number of fused-ring (bicyclic) bond motifs is 1. The Bertz CT molecular complexity index is 870. The highest BCUT2D eigenvalue weighted by atomic mass is 79.9. The summed E-state index contributed by atoms with van der Waals surface area (Å²) in [7, 11) is 0. The van der Waals surface area contributed by atoms with Crippen LogP contribution in [0.25, 0.3) is 10.8 Å². The minimum Gasteiger partial charge on any atom is -0.455 e. The van der Waals surface area contributed by atoms with E-state index >= 15 is 0 Å². The number of nitriles is 1. The van der Waals surface area contributed by atoms with Crippen molar-refractivity contribution in [2.75, 3.05) is 0 Å². The molecule has 0 aliphatic carbocycles. The molecule has 0 spiro atoms. The van der Waals surface area contributed by atoms with E-state index in [1.54, 1.807) is 18.2 Å². The van der Waals surface area contributed by atoms with E-state index in [4.69, 9.17) is 16.3 Å². The quantitative estimate of drug-likeness (QED) is 0.569. The molecule has 0 aromatic heterocycles. The van der Waals surface area contributed by atoms with Crippen molar-refractivity contribution in [3.05, 3.63) is 69.7 Å². The molecule has 0 bridgehead atoms. The molecule has 102 valence electrons. The van der Waals surface area contributed by atoms with Crippen LogP contribution in [-0.2, 0) is 0 Å². The smallest absolute Gasteiger partial charge is 0.145 e. The minimum atomic E-state index is 0.475. The monoisotopic (exact) mass is 357 g/mol. The van der Waals surface area contributed by atoms with E-state index in [2.05, 4.69) is 22.0 Å². The van der Waals surface area contributed by atoms with Gasteiger partial charge < -0.3 is 4.74 Å². The molecule has 0 aliphatic rings. The predicted molar refractivity (Wildman–Crippen MR) is 87.9 cm³/mol. The van der Waals surface area contributed by atoms with E-state index in [0.717, 1.165) is 15.2 Å². The van der Waals surface area contributed by atoms with Gasteiger partial charge in [-0.15, -0.1) is 0 Å². The van der Waals surface area contributed by atoms with Crippen molar-refractivity contribution >= 4 is 38.3 Å². The summed E-state index contributed by atoms with van der Waals surface area (Å²) in [6.45, 7) is 0. The third-order valence-corrected chi connectivity index (χ3v) is 3.94. The van der Waals surface area contributed by atoms with Crippen molar-refractivity contribution in [3.63, 3.8) is 0 Å². The summed E-state index contributed by atoms with van der Waals surface area (Å²) in [5.41, 5.74) is 0.475. The SMILES string of the molecule is N#Cc1cc(Br)ccc1Oc1ccc(Cl)c2ccccc12. The van der Waals surface area contributed by atoms with Crippen molar-refractivity contribution < 1.29 is 4.74 Å². The third kappa shape index (κ3) is 2.73. The fourth-order valence-corrected chi connectivity index (χ4v) is 2.71. The van der Waals surface area contributed by atoms with Crippen LogP contribution in [0.2, 0.25) is 5.02 Å². The highest BCUT2D eigenvalue weighted by molar-refractivity contribution is 9.10. The Hall–Kier alpha value is -2.02. The average molecular weight is 359 g/mol. The summed E-state index contributed by atoms with van der Waals surface area (Å²) in [5, 5.41) is 11.7. The van der Waals surface area contributed by atoms with E-state index in [-0.39, 0.29) is 0 Å². The first-order chi connectivity index (χ1) is 10.2. The Balaban J connectivity index is 2.11. The van der Waals surface area contributed by atoms with Crippen molar-refractivity contribution in [2.45, 2.75) is 0 Å². The normalized spacial score (nSPS) is 10.3. The fraction of sp³-hybridized carbons (Fsp3) is 0. The zero-order valence-electron chi connectivity index (χ0n) is 10.8. The summed E-state index contributed by atoms with van der Waals surface area (Å²) in [6.07, 6.45) is 0. The van der Waals surface area contributed by atoms with Crippen LogP contribution in [0.5, 0.6) is 11.5 Å². The first kappa shape index (κ1) is 13.9. The Labute approximate surface area is 135 Å². The minimum absolute atomic E-state index is 0.475. The van der Waals surface area contributed by atoms with Crippen molar-refractivity contribution in [2.24, 2.45) is 0 Å².